The Morgan fingerprint density at radius 2 is 2.03 bits per heavy atom. The lowest BCUT2D eigenvalue weighted by molar-refractivity contribution is -0.115. The molecule has 0 spiro atoms. The van der Waals surface area contributed by atoms with Crippen LogP contribution in [0.1, 0.15) is 21.8 Å². The van der Waals surface area contributed by atoms with Crippen LogP contribution in [0.2, 0.25) is 0 Å². The highest BCUT2D eigenvalue weighted by molar-refractivity contribution is 7.13. The number of hydrogen-bond donors (Lipinski definition) is 2. The third kappa shape index (κ3) is 5.01. The summed E-state index contributed by atoms with van der Waals surface area (Å²) >= 11 is 1.43. The molecule has 9 heteroatoms. The highest BCUT2D eigenvalue weighted by Crippen LogP contribution is 2.29. The molecule has 0 saturated carbocycles. The maximum Gasteiger partial charge on any atom is 0.257 e. The summed E-state index contributed by atoms with van der Waals surface area (Å²) in [5.74, 6) is 1.39. The Morgan fingerprint density at radius 3 is 2.75 bits per heavy atom. The van der Waals surface area contributed by atoms with Crippen molar-refractivity contribution in [3.8, 4) is 16.5 Å². The molecule has 0 aliphatic carbocycles. The van der Waals surface area contributed by atoms with Gasteiger partial charge in [0, 0.05) is 29.5 Å². The van der Waals surface area contributed by atoms with Gasteiger partial charge in [0.15, 0.2) is 10.8 Å². The zero-order chi connectivity index (χ0) is 22.5. The van der Waals surface area contributed by atoms with E-state index in [-0.39, 0.29) is 18.2 Å². The standard InChI is InChI=1S/C23H20N4O4S/c1-14-5-8-19(31-14)23-26-17(13-32-23)11-21(28)25-16-6-7-18(20(10-16)30-2)27-22(29)15-4-3-9-24-12-15/h3-10,12-13H,11H2,1-2H3,(H,25,28)(H,27,29). The lowest BCUT2D eigenvalue weighted by atomic mass is 10.2. The summed E-state index contributed by atoms with van der Waals surface area (Å²) in [6.45, 7) is 1.87. The number of pyridine rings is 1. The van der Waals surface area contributed by atoms with Crippen molar-refractivity contribution in [1.82, 2.24) is 9.97 Å². The Kier molecular flexibility index (Phi) is 6.27. The molecule has 0 radical (unpaired) electrons. The van der Waals surface area contributed by atoms with E-state index in [2.05, 4.69) is 20.6 Å². The maximum atomic E-state index is 12.5. The smallest absolute Gasteiger partial charge is 0.257 e. The number of nitrogens with one attached hydrogen (secondary N) is 2. The first kappa shape index (κ1) is 21.3. The number of benzene rings is 1. The van der Waals surface area contributed by atoms with Crippen molar-refractivity contribution in [2.24, 2.45) is 0 Å². The SMILES string of the molecule is COc1cc(NC(=O)Cc2csc(-c3ccc(C)o3)n2)ccc1NC(=O)c1cccnc1. The van der Waals surface area contributed by atoms with E-state index in [9.17, 15) is 9.59 Å². The number of amides is 2. The Hall–Kier alpha value is -3.98. The number of carbonyl (C=O) groups excluding carboxylic acids is 2. The molecule has 0 atom stereocenters. The lowest BCUT2D eigenvalue weighted by Gasteiger charge is -2.12. The van der Waals surface area contributed by atoms with Crippen LogP contribution < -0.4 is 15.4 Å². The molecular formula is C23H20N4O4S. The van der Waals surface area contributed by atoms with Gasteiger partial charge in [-0.3, -0.25) is 14.6 Å². The number of rotatable bonds is 7. The molecule has 2 N–H and O–H groups in total. The Labute approximate surface area is 188 Å². The number of furan rings is 1. The Bertz CT molecular complexity index is 1250. The number of nitrogens with zero attached hydrogens (tertiary/aromatic N) is 2. The van der Waals surface area contributed by atoms with Crippen molar-refractivity contribution in [1.29, 1.82) is 0 Å². The third-order valence-corrected chi connectivity index (χ3v) is 5.41. The summed E-state index contributed by atoms with van der Waals surface area (Å²) in [5.41, 5.74) is 2.11. The van der Waals surface area contributed by atoms with E-state index in [4.69, 9.17) is 9.15 Å². The van der Waals surface area contributed by atoms with Crippen molar-refractivity contribution in [2.75, 3.05) is 17.7 Å². The van der Waals surface area contributed by atoms with Crippen LogP contribution in [0.5, 0.6) is 5.75 Å². The molecular weight excluding hydrogens is 428 g/mol. The summed E-state index contributed by atoms with van der Waals surface area (Å²) in [4.78, 5) is 33.3. The van der Waals surface area contributed by atoms with E-state index in [1.54, 1.807) is 36.5 Å². The van der Waals surface area contributed by atoms with E-state index < -0.39 is 0 Å². The predicted molar refractivity (Wildman–Crippen MR) is 122 cm³/mol. The van der Waals surface area contributed by atoms with Gasteiger partial charge in [-0.05, 0) is 43.3 Å². The van der Waals surface area contributed by atoms with Crippen molar-refractivity contribution in [3.05, 3.63) is 77.3 Å². The van der Waals surface area contributed by atoms with E-state index in [0.29, 0.717) is 34.1 Å². The molecule has 3 heterocycles. The average Bonchev–Trinajstić information content (AvgIpc) is 3.44. The van der Waals surface area contributed by atoms with Gasteiger partial charge in [-0.2, -0.15) is 0 Å². The van der Waals surface area contributed by atoms with Crippen LogP contribution in [0.25, 0.3) is 10.8 Å². The van der Waals surface area contributed by atoms with Gasteiger partial charge < -0.3 is 19.8 Å². The van der Waals surface area contributed by atoms with Crippen LogP contribution >= 0.6 is 11.3 Å². The van der Waals surface area contributed by atoms with Gasteiger partial charge in [0.05, 0.1) is 30.5 Å². The van der Waals surface area contributed by atoms with Crippen LogP contribution in [-0.4, -0.2) is 28.9 Å². The minimum absolute atomic E-state index is 0.123. The fourth-order valence-electron chi connectivity index (χ4n) is 2.98. The summed E-state index contributed by atoms with van der Waals surface area (Å²) in [5, 5.41) is 8.18. The third-order valence-electron chi connectivity index (χ3n) is 4.50. The fourth-order valence-corrected chi connectivity index (χ4v) is 3.76. The van der Waals surface area contributed by atoms with E-state index >= 15 is 0 Å². The number of aromatic nitrogens is 2. The van der Waals surface area contributed by atoms with Gasteiger partial charge >= 0.3 is 0 Å². The van der Waals surface area contributed by atoms with Crippen LogP contribution in [0.4, 0.5) is 11.4 Å². The topological polar surface area (TPSA) is 106 Å². The van der Waals surface area contributed by atoms with Crippen LogP contribution in [0.3, 0.4) is 0 Å². The molecule has 32 heavy (non-hydrogen) atoms. The summed E-state index contributed by atoms with van der Waals surface area (Å²) in [6, 6.07) is 12.1. The second-order valence-electron chi connectivity index (χ2n) is 6.89. The Morgan fingerprint density at radius 1 is 1.16 bits per heavy atom. The van der Waals surface area contributed by atoms with Crippen molar-refractivity contribution in [2.45, 2.75) is 13.3 Å². The predicted octanol–water partition coefficient (Wildman–Crippen LogP) is 4.55. The van der Waals surface area contributed by atoms with Gasteiger partial charge in [0.2, 0.25) is 5.91 Å². The zero-order valence-electron chi connectivity index (χ0n) is 17.4. The normalized spacial score (nSPS) is 10.6. The molecule has 0 bridgehead atoms. The minimum Gasteiger partial charge on any atom is -0.494 e. The molecule has 0 fully saturated rings. The van der Waals surface area contributed by atoms with Crippen LogP contribution in [0, 0.1) is 6.92 Å². The van der Waals surface area contributed by atoms with Crippen molar-refractivity contribution >= 4 is 34.5 Å². The average molecular weight is 449 g/mol. The molecule has 0 aliphatic rings. The number of aryl methyl sites for hydroxylation is 1. The molecule has 162 valence electrons. The number of hydrogen-bond acceptors (Lipinski definition) is 7. The molecule has 8 nitrogen and oxygen atoms in total. The second-order valence-corrected chi connectivity index (χ2v) is 7.75. The van der Waals surface area contributed by atoms with Gasteiger partial charge in [-0.1, -0.05) is 0 Å². The largest absolute Gasteiger partial charge is 0.494 e. The molecule has 2 amide bonds. The molecule has 0 aliphatic heterocycles. The quantitative estimate of drug-likeness (QED) is 0.430. The first-order chi connectivity index (χ1) is 15.5. The molecule has 4 rings (SSSR count). The summed E-state index contributed by atoms with van der Waals surface area (Å²) in [7, 11) is 1.49. The zero-order valence-corrected chi connectivity index (χ0v) is 18.2. The highest BCUT2D eigenvalue weighted by Gasteiger charge is 2.14. The summed E-state index contributed by atoms with van der Waals surface area (Å²) in [6.07, 6.45) is 3.20. The lowest BCUT2D eigenvalue weighted by Crippen LogP contribution is -2.15. The number of carbonyl (C=O) groups is 2. The van der Waals surface area contributed by atoms with Gasteiger partial charge in [0.1, 0.15) is 11.5 Å². The number of anilines is 2. The van der Waals surface area contributed by atoms with Crippen molar-refractivity contribution < 1.29 is 18.7 Å². The first-order valence-electron chi connectivity index (χ1n) is 9.72. The van der Waals surface area contributed by atoms with Crippen LogP contribution in [0.15, 0.2) is 64.7 Å². The number of methoxy groups -OCH3 is 1. The molecule has 0 unspecified atom stereocenters. The van der Waals surface area contributed by atoms with Gasteiger partial charge in [-0.25, -0.2) is 4.98 Å². The van der Waals surface area contributed by atoms with E-state index in [1.807, 2.05) is 24.4 Å². The maximum absolute atomic E-state index is 12.5. The minimum atomic E-state index is -0.306. The fraction of sp³-hybridized carbons (Fsp3) is 0.130. The molecule has 0 saturated heterocycles. The number of ether oxygens (including phenoxy) is 1. The first-order valence-corrected chi connectivity index (χ1v) is 10.6. The summed E-state index contributed by atoms with van der Waals surface area (Å²) < 4.78 is 11.0. The van der Waals surface area contributed by atoms with Crippen molar-refractivity contribution in [3.63, 3.8) is 0 Å². The van der Waals surface area contributed by atoms with E-state index in [0.717, 1.165) is 10.8 Å². The molecule has 4 aromatic rings. The molecule has 3 aromatic heterocycles. The van der Waals surface area contributed by atoms with Gasteiger partial charge in [-0.15, -0.1) is 11.3 Å². The second kappa shape index (κ2) is 9.44. The molecule has 1 aromatic carbocycles. The Balaban J connectivity index is 1.40. The van der Waals surface area contributed by atoms with Gasteiger partial charge in [0.25, 0.3) is 5.91 Å². The van der Waals surface area contributed by atoms with Crippen LogP contribution in [-0.2, 0) is 11.2 Å². The monoisotopic (exact) mass is 448 g/mol. The number of thiazole rings is 1. The highest BCUT2D eigenvalue weighted by atomic mass is 32.1. The van der Waals surface area contributed by atoms with E-state index in [1.165, 1.54) is 24.6 Å².